The van der Waals surface area contributed by atoms with Gasteiger partial charge in [-0.1, -0.05) is 18.2 Å². The van der Waals surface area contributed by atoms with Gasteiger partial charge in [-0.25, -0.2) is 18.7 Å². The van der Waals surface area contributed by atoms with E-state index in [2.05, 4.69) is 20.5 Å². The van der Waals surface area contributed by atoms with Gasteiger partial charge in [0.25, 0.3) is 15.6 Å². The Labute approximate surface area is 208 Å². The molecule has 0 bridgehead atoms. The fourth-order valence-corrected chi connectivity index (χ4v) is 4.01. The molecule has 1 heterocycles. The maximum absolute atomic E-state index is 12.8. The molecule has 0 unspecified atom stereocenters. The number of guanidine groups is 1. The number of H-pyrrole nitrogens is 1. The van der Waals surface area contributed by atoms with Crippen LogP contribution in [0, 0.1) is 19.3 Å². The average Bonchev–Trinajstić information content (AvgIpc) is 2.75. The number of carboxylic acids is 1. The van der Waals surface area contributed by atoms with Crippen molar-refractivity contribution >= 4 is 33.5 Å². The van der Waals surface area contributed by atoms with E-state index in [4.69, 9.17) is 25.9 Å². The number of hydroxylamine groups is 1. The number of pyridine rings is 1. The third-order valence-electron chi connectivity index (χ3n) is 4.17. The number of aromatic nitrogens is 1. The van der Waals surface area contributed by atoms with Crippen molar-refractivity contribution in [3.63, 3.8) is 0 Å². The second-order valence-electron chi connectivity index (χ2n) is 7.25. The van der Waals surface area contributed by atoms with Crippen molar-refractivity contribution in [1.82, 2.24) is 15.8 Å². The molecule has 0 fully saturated rings. The zero-order valence-electron chi connectivity index (χ0n) is 19.5. The molecular formula is C20H25F3N6O7S. The van der Waals surface area contributed by atoms with E-state index in [-0.39, 0.29) is 41.7 Å². The molecule has 2 rings (SSSR count). The number of carbonyl (C=O) groups is 2. The first-order valence-electron chi connectivity index (χ1n) is 10.1. The van der Waals surface area contributed by atoms with Gasteiger partial charge in [0.2, 0.25) is 11.9 Å². The van der Waals surface area contributed by atoms with Crippen LogP contribution in [0.5, 0.6) is 0 Å². The van der Waals surface area contributed by atoms with E-state index in [1.165, 1.54) is 12.1 Å². The average molecular weight is 551 g/mol. The summed E-state index contributed by atoms with van der Waals surface area (Å²) < 4.78 is 59.6. The van der Waals surface area contributed by atoms with Gasteiger partial charge >= 0.3 is 12.1 Å². The first kappa shape index (κ1) is 30.9. The van der Waals surface area contributed by atoms with E-state index in [0.717, 1.165) is 0 Å². The number of alkyl halides is 3. The highest BCUT2D eigenvalue weighted by Crippen LogP contribution is 2.20. The molecule has 17 heteroatoms. The number of aliphatic carboxylic acids is 1. The van der Waals surface area contributed by atoms with Gasteiger partial charge in [-0.2, -0.15) is 13.2 Å². The maximum Gasteiger partial charge on any atom is 0.490 e. The third-order valence-corrected chi connectivity index (χ3v) is 5.68. The molecule has 0 aliphatic heterocycles. The highest BCUT2D eigenvalue weighted by atomic mass is 32.2. The van der Waals surface area contributed by atoms with Crippen molar-refractivity contribution in [3.8, 4) is 0 Å². The number of anilines is 1. The summed E-state index contributed by atoms with van der Waals surface area (Å²) in [6, 6.07) is 7.90. The number of nitrogens with one attached hydrogen (secondary N) is 5. The summed E-state index contributed by atoms with van der Waals surface area (Å²) in [6.07, 6.45) is -5.31. The molecule has 0 aliphatic rings. The maximum atomic E-state index is 12.8. The lowest BCUT2D eigenvalue weighted by molar-refractivity contribution is -0.192. The Kier molecular flexibility index (Phi) is 11.1. The van der Waals surface area contributed by atoms with Crippen LogP contribution < -0.4 is 26.8 Å². The number of nitrogens with two attached hydrogens (primary N) is 1. The van der Waals surface area contributed by atoms with Crippen LogP contribution in [0.25, 0.3) is 0 Å². The molecular weight excluding hydrogens is 525 g/mol. The smallest absolute Gasteiger partial charge is 0.475 e. The molecule has 13 nitrogen and oxygen atoms in total. The summed E-state index contributed by atoms with van der Waals surface area (Å²) in [6.45, 7) is 3.44. The molecule has 1 aromatic carbocycles. The Bertz CT molecular complexity index is 1300. The van der Waals surface area contributed by atoms with Gasteiger partial charge in [0.1, 0.15) is 5.69 Å². The Morgan fingerprint density at radius 3 is 2.35 bits per heavy atom. The predicted octanol–water partition coefficient (Wildman–Crippen LogP) is 0.499. The third kappa shape index (κ3) is 10.6. The van der Waals surface area contributed by atoms with Crippen LogP contribution in [0.1, 0.15) is 16.8 Å². The zero-order chi connectivity index (χ0) is 28.4. The minimum Gasteiger partial charge on any atom is -0.475 e. The van der Waals surface area contributed by atoms with Crippen molar-refractivity contribution in [2.24, 2.45) is 5.73 Å². The van der Waals surface area contributed by atoms with Crippen LogP contribution in [-0.2, 0) is 30.9 Å². The van der Waals surface area contributed by atoms with Gasteiger partial charge in [0.15, 0.2) is 0 Å². The number of carboxylic acid groups (broad SMARTS) is 1. The van der Waals surface area contributed by atoms with Crippen LogP contribution in [0.4, 0.5) is 18.9 Å². The fourth-order valence-electron chi connectivity index (χ4n) is 2.66. The van der Waals surface area contributed by atoms with Crippen LogP contribution >= 0.6 is 0 Å². The highest BCUT2D eigenvalue weighted by Gasteiger charge is 2.38. The Morgan fingerprint density at radius 1 is 1.22 bits per heavy atom. The summed E-state index contributed by atoms with van der Waals surface area (Å²) in [5, 5.41) is 16.6. The van der Waals surface area contributed by atoms with E-state index in [1.807, 2.05) is 0 Å². The van der Waals surface area contributed by atoms with Gasteiger partial charge in [-0.05, 0) is 37.1 Å². The second kappa shape index (κ2) is 13.3. The van der Waals surface area contributed by atoms with Crippen molar-refractivity contribution in [1.29, 1.82) is 5.41 Å². The van der Waals surface area contributed by atoms with E-state index in [9.17, 15) is 31.2 Å². The lowest BCUT2D eigenvalue weighted by Crippen LogP contribution is -2.35. The number of halogens is 3. The summed E-state index contributed by atoms with van der Waals surface area (Å²) in [5.41, 5.74) is 7.55. The van der Waals surface area contributed by atoms with Gasteiger partial charge in [0.05, 0.1) is 17.9 Å². The minimum atomic E-state index is -5.08. The van der Waals surface area contributed by atoms with Crippen LogP contribution in [-0.4, -0.2) is 55.7 Å². The van der Waals surface area contributed by atoms with Gasteiger partial charge in [-0.3, -0.25) is 24.6 Å². The summed E-state index contributed by atoms with van der Waals surface area (Å²) in [4.78, 5) is 40.9. The molecule has 0 aliphatic carbocycles. The first-order valence-corrected chi connectivity index (χ1v) is 11.6. The van der Waals surface area contributed by atoms with Crippen molar-refractivity contribution < 1.29 is 41.1 Å². The van der Waals surface area contributed by atoms with E-state index < -0.39 is 33.6 Å². The SMILES string of the molecule is Cc1cc(CC(=O)NCCONC(=N)N)c(NS(=O)(=O)c2ccccc2C)c(=O)[nH]1.O=C(O)C(F)(F)F. The topological polar surface area (TPSA) is 217 Å². The van der Waals surface area contributed by atoms with Crippen LogP contribution in [0.15, 0.2) is 40.0 Å². The van der Waals surface area contributed by atoms with Gasteiger partial charge in [0, 0.05) is 12.2 Å². The molecule has 0 radical (unpaired) electrons. The van der Waals surface area contributed by atoms with Crippen molar-refractivity contribution in [3.05, 3.63) is 57.5 Å². The number of amides is 1. The molecule has 8 N–H and O–H groups in total. The first-order chi connectivity index (χ1) is 17.0. The van der Waals surface area contributed by atoms with Crippen LogP contribution in [0.3, 0.4) is 0 Å². The molecule has 2 aromatic rings. The summed E-state index contributed by atoms with van der Waals surface area (Å²) in [5.74, 6) is -3.57. The Hall–Kier alpha value is -4.12. The number of hydrogen-bond acceptors (Lipinski definition) is 7. The zero-order valence-corrected chi connectivity index (χ0v) is 20.3. The molecule has 1 amide bonds. The fraction of sp³-hybridized carbons (Fsp3) is 0.300. The predicted molar refractivity (Wildman–Crippen MR) is 125 cm³/mol. The van der Waals surface area contributed by atoms with Crippen molar-refractivity contribution in [2.75, 3.05) is 17.9 Å². The Morgan fingerprint density at radius 2 is 1.81 bits per heavy atom. The van der Waals surface area contributed by atoms with Gasteiger partial charge in [-0.15, -0.1) is 0 Å². The number of hydrogen-bond donors (Lipinski definition) is 7. The molecule has 0 saturated heterocycles. The quantitative estimate of drug-likeness (QED) is 0.0999. The standard InChI is InChI=1S/C18H24N6O5S.C2HF3O2/c1-11-5-3-4-6-14(11)30(27,28)24-16-13(9-12(2)22-17(16)26)10-15(25)21-7-8-29-23-18(19)20;3-2(4,5)1(6)7/h3-6,9,24H,7-8,10H2,1-2H3,(H,21,25)(H,22,26)(H4,19,20,23);(H,6,7). The monoisotopic (exact) mass is 550 g/mol. The number of aromatic amines is 1. The summed E-state index contributed by atoms with van der Waals surface area (Å²) in [7, 11) is -4.03. The van der Waals surface area contributed by atoms with Crippen LogP contribution in [0.2, 0.25) is 0 Å². The molecule has 0 atom stereocenters. The molecule has 37 heavy (non-hydrogen) atoms. The van der Waals surface area contributed by atoms with E-state index >= 15 is 0 Å². The van der Waals surface area contributed by atoms with E-state index in [0.29, 0.717) is 11.3 Å². The molecule has 1 aromatic heterocycles. The van der Waals surface area contributed by atoms with Crippen molar-refractivity contribution in [2.45, 2.75) is 31.3 Å². The number of rotatable bonds is 9. The number of sulfonamides is 1. The Balaban J connectivity index is 0.000000856. The minimum absolute atomic E-state index is 0.0375. The number of aryl methyl sites for hydroxylation is 2. The largest absolute Gasteiger partial charge is 0.490 e. The number of benzene rings is 1. The highest BCUT2D eigenvalue weighted by molar-refractivity contribution is 7.92. The second-order valence-corrected chi connectivity index (χ2v) is 8.90. The van der Waals surface area contributed by atoms with E-state index in [1.54, 1.807) is 32.0 Å². The molecule has 0 saturated carbocycles. The molecule has 0 spiro atoms. The molecule has 204 valence electrons. The lowest BCUT2D eigenvalue weighted by Gasteiger charge is -2.14. The summed E-state index contributed by atoms with van der Waals surface area (Å²) >= 11 is 0. The van der Waals surface area contributed by atoms with Gasteiger partial charge < -0.3 is 21.1 Å². The number of carbonyl (C=O) groups excluding carboxylic acids is 1. The normalized spacial score (nSPS) is 11.1. The lowest BCUT2D eigenvalue weighted by atomic mass is 10.1.